The van der Waals surface area contributed by atoms with E-state index >= 15 is 0 Å². The summed E-state index contributed by atoms with van der Waals surface area (Å²) in [5, 5.41) is 10.3. The highest BCUT2D eigenvalue weighted by Crippen LogP contribution is 2.40. The first-order chi connectivity index (χ1) is 17.1. The summed E-state index contributed by atoms with van der Waals surface area (Å²) in [6, 6.07) is 20.3. The van der Waals surface area contributed by atoms with Gasteiger partial charge >= 0.3 is 7.12 Å². The van der Waals surface area contributed by atoms with Crippen molar-refractivity contribution in [1.29, 1.82) is 0 Å². The zero-order valence-electron chi connectivity index (χ0n) is 21.9. The molecule has 1 fully saturated rings. The summed E-state index contributed by atoms with van der Waals surface area (Å²) in [4.78, 5) is 0. The van der Waals surface area contributed by atoms with Gasteiger partial charge in [0, 0.05) is 5.41 Å². The zero-order chi connectivity index (χ0) is 25.0. The van der Waals surface area contributed by atoms with Crippen LogP contribution in [0.1, 0.15) is 41.5 Å². The Hall–Kier alpha value is -3.14. The van der Waals surface area contributed by atoms with Crippen LogP contribution in [-0.4, -0.2) is 18.3 Å². The van der Waals surface area contributed by atoms with Crippen molar-refractivity contribution in [2.24, 2.45) is 5.41 Å². The molecule has 0 saturated carbocycles. The van der Waals surface area contributed by atoms with Gasteiger partial charge < -0.3 is 9.31 Å². The minimum Gasteiger partial charge on any atom is -0.399 e. The fraction of sp³-hybridized carbons (Fsp3) is 0.273. The molecule has 0 atom stereocenters. The molecular formula is C33H31BO2. The van der Waals surface area contributed by atoms with E-state index in [2.05, 4.69) is 120 Å². The SMILES string of the molecule is CC1(C)C=CC=C2C=c3cc4c5cc(B6OC(C)(C)C(C)(C)O6)ccc5c5ccccc5c4cc3=C21. The Kier molecular flexibility index (Phi) is 4.29. The van der Waals surface area contributed by atoms with Crippen LogP contribution in [0.3, 0.4) is 0 Å². The van der Waals surface area contributed by atoms with Crippen LogP contribution >= 0.6 is 0 Å². The number of benzene rings is 4. The Balaban J connectivity index is 1.56. The van der Waals surface area contributed by atoms with Crippen LogP contribution in [0.4, 0.5) is 0 Å². The van der Waals surface area contributed by atoms with Crippen molar-refractivity contribution >= 4 is 56.5 Å². The lowest BCUT2D eigenvalue weighted by Crippen LogP contribution is -2.41. The molecule has 0 aromatic heterocycles. The van der Waals surface area contributed by atoms with Gasteiger partial charge in [-0.15, -0.1) is 0 Å². The van der Waals surface area contributed by atoms with Gasteiger partial charge in [-0.05, 0) is 105 Å². The predicted molar refractivity (Wildman–Crippen MR) is 153 cm³/mol. The van der Waals surface area contributed by atoms with E-state index in [4.69, 9.17) is 9.31 Å². The first kappa shape index (κ1) is 22.1. The van der Waals surface area contributed by atoms with Crippen molar-refractivity contribution in [1.82, 2.24) is 0 Å². The molecule has 36 heavy (non-hydrogen) atoms. The Morgan fingerprint density at radius 1 is 0.667 bits per heavy atom. The third kappa shape index (κ3) is 2.93. The van der Waals surface area contributed by atoms with Gasteiger partial charge in [0.15, 0.2) is 0 Å². The van der Waals surface area contributed by atoms with E-state index in [9.17, 15) is 0 Å². The number of allylic oxidation sites excluding steroid dienone is 4. The summed E-state index contributed by atoms with van der Waals surface area (Å²) in [5.41, 5.74) is 3.11. The van der Waals surface area contributed by atoms with E-state index in [-0.39, 0.29) is 23.7 Å². The Bertz CT molecular complexity index is 1800. The second kappa shape index (κ2) is 7.00. The molecule has 4 aromatic carbocycles. The van der Waals surface area contributed by atoms with Crippen LogP contribution in [0.25, 0.3) is 44.0 Å². The standard InChI is InChI=1S/C33H31BO2/c1-31(2)15-9-10-20-16-21-17-27-28-18-22(34-35-32(3,4)33(5,6)36-34)13-14-25(28)23-11-7-8-12-24(23)29(27)19-26(21)30(20)31/h7-19H,1-6H3. The molecule has 3 heteroatoms. The topological polar surface area (TPSA) is 18.5 Å². The quantitative estimate of drug-likeness (QED) is 0.254. The lowest BCUT2D eigenvalue weighted by atomic mass is 9.77. The van der Waals surface area contributed by atoms with E-state index in [1.165, 1.54) is 53.9 Å². The van der Waals surface area contributed by atoms with Gasteiger partial charge in [-0.3, -0.25) is 0 Å². The average Bonchev–Trinajstić information content (AvgIpc) is 3.31. The summed E-state index contributed by atoms with van der Waals surface area (Å²) >= 11 is 0. The predicted octanol–water partition coefficient (Wildman–Crippen LogP) is 5.91. The molecule has 0 spiro atoms. The van der Waals surface area contributed by atoms with Gasteiger partial charge in [0.25, 0.3) is 0 Å². The lowest BCUT2D eigenvalue weighted by Gasteiger charge is -2.32. The summed E-state index contributed by atoms with van der Waals surface area (Å²) in [5.74, 6) is 0. The summed E-state index contributed by atoms with van der Waals surface area (Å²) in [6.07, 6.45) is 9.11. The molecule has 2 nitrogen and oxygen atoms in total. The maximum absolute atomic E-state index is 6.41. The first-order valence-electron chi connectivity index (χ1n) is 13.0. The Labute approximate surface area is 212 Å². The van der Waals surface area contributed by atoms with Gasteiger partial charge in [0.2, 0.25) is 0 Å². The van der Waals surface area contributed by atoms with E-state index < -0.39 is 0 Å². The molecule has 0 amide bonds. The molecule has 4 aromatic rings. The van der Waals surface area contributed by atoms with Gasteiger partial charge in [0.05, 0.1) is 11.2 Å². The van der Waals surface area contributed by atoms with Crippen molar-refractivity contribution in [2.45, 2.75) is 52.7 Å². The molecule has 2 aliphatic carbocycles. The molecule has 0 radical (unpaired) electrons. The average molecular weight is 470 g/mol. The minimum absolute atomic E-state index is 0.0100. The molecule has 0 unspecified atom stereocenters. The van der Waals surface area contributed by atoms with Gasteiger partial charge in [-0.25, -0.2) is 0 Å². The minimum atomic E-state index is -0.377. The summed E-state index contributed by atoms with van der Waals surface area (Å²) < 4.78 is 12.8. The molecule has 1 aliphatic heterocycles. The molecule has 3 aliphatic rings. The number of hydrogen-bond acceptors (Lipinski definition) is 2. The van der Waals surface area contributed by atoms with E-state index in [1.54, 1.807) is 0 Å². The van der Waals surface area contributed by atoms with Crippen LogP contribution in [0.2, 0.25) is 0 Å². The second-order valence-electron chi connectivity index (χ2n) is 12.1. The van der Waals surface area contributed by atoms with Crippen LogP contribution < -0.4 is 15.9 Å². The van der Waals surface area contributed by atoms with E-state index in [0.717, 1.165) is 5.46 Å². The summed E-state index contributed by atoms with van der Waals surface area (Å²) in [7, 11) is -0.377. The zero-order valence-corrected chi connectivity index (χ0v) is 21.9. The van der Waals surface area contributed by atoms with Crippen molar-refractivity contribution in [3.63, 3.8) is 0 Å². The largest absolute Gasteiger partial charge is 0.494 e. The van der Waals surface area contributed by atoms with Crippen molar-refractivity contribution in [3.8, 4) is 0 Å². The van der Waals surface area contributed by atoms with Crippen LogP contribution in [-0.2, 0) is 9.31 Å². The maximum atomic E-state index is 6.41. The monoisotopic (exact) mass is 470 g/mol. The maximum Gasteiger partial charge on any atom is 0.494 e. The number of rotatable bonds is 1. The molecule has 7 rings (SSSR count). The van der Waals surface area contributed by atoms with E-state index in [0.29, 0.717) is 0 Å². The molecular weight excluding hydrogens is 439 g/mol. The highest BCUT2D eigenvalue weighted by atomic mass is 16.7. The van der Waals surface area contributed by atoms with Crippen molar-refractivity contribution in [3.05, 3.63) is 88.8 Å². The third-order valence-corrected chi connectivity index (χ3v) is 8.86. The molecule has 0 N–H and O–H groups in total. The molecule has 1 heterocycles. The number of fused-ring (bicyclic) bond motifs is 8. The normalized spacial score (nSPS) is 21.1. The smallest absolute Gasteiger partial charge is 0.399 e. The second-order valence-corrected chi connectivity index (χ2v) is 12.1. The summed E-state index contributed by atoms with van der Waals surface area (Å²) in [6.45, 7) is 13.1. The highest BCUT2D eigenvalue weighted by Gasteiger charge is 2.51. The fourth-order valence-electron chi connectivity index (χ4n) is 6.22. The lowest BCUT2D eigenvalue weighted by molar-refractivity contribution is 0.00578. The Morgan fingerprint density at radius 3 is 2.00 bits per heavy atom. The molecule has 1 saturated heterocycles. The highest BCUT2D eigenvalue weighted by molar-refractivity contribution is 6.62. The fourth-order valence-corrected chi connectivity index (χ4v) is 6.22. The van der Waals surface area contributed by atoms with Gasteiger partial charge in [-0.2, -0.15) is 0 Å². The van der Waals surface area contributed by atoms with Crippen LogP contribution in [0, 0.1) is 5.41 Å². The Morgan fingerprint density at radius 2 is 1.28 bits per heavy atom. The number of hydrogen-bond donors (Lipinski definition) is 0. The molecule has 0 bridgehead atoms. The van der Waals surface area contributed by atoms with Gasteiger partial charge in [0.1, 0.15) is 0 Å². The van der Waals surface area contributed by atoms with Crippen LogP contribution in [0.15, 0.2) is 78.4 Å². The van der Waals surface area contributed by atoms with E-state index in [1.807, 2.05) is 0 Å². The van der Waals surface area contributed by atoms with Crippen molar-refractivity contribution in [2.75, 3.05) is 0 Å². The first-order valence-corrected chi connectivity index (χ1v) is 13.0. The third-order valence-electron chi connectivity index (χ3n) is 8.86. The molecule has 178 valence electrons. The van der Waals surface area contributed by atoms with Crippen molar-refractivity contribution < 1.29 is 9.31 Å². The van der Waals surface area contributed by atoms with Gasteiger partial charge in [-0.1, -0.05) is 74.5 Å². The van der Waals surface area contributed by atoms with Crippen LogP contribution in [0.5, 0.6) is 0 Å².